The molecule has 0 atom stereocenters. The number of hydrogen-bond donors (Lipinski definition) is 0. The fraction of sp³-hybridized carbons (Fsp3) is 0. The van der Waals surface area contributed by atoms with Crippen LogP contribution in [0, 0.1) is 0 Å². The molecule has 0 unspecified atom stereocenters. The van der Waals surface area contributed by atoms with Crippen molar-refractivity contribution in [2.24, 2.45) is 0 Å². The zero-order valence-electron chi connectivity index (χ0n) is 33.5. The minimum Gasteiger partial charge on any atom is -0.208 e. The third-order valence-corrected chi connectivity index (χ3v) is 12.8. The van der Waals surface area contributed by atoms with Gasteiger partial charge in [-0.1, -0.05) is 194 Å². The molecule has 286 valence electrons. The SMILES string of the molecule is c1ccc(-c2nc(-c3ccccc3-c3cccc(-c4cc5ccc6cccc7c8cccc9ccc%10cccc(c(c4)c5c67)c%10c98)c3)nc(-c3cccc4ccccc34)n2)cc1. The minimum atomic E-state index is 0.635. The second-order valence-electron chi connectivity index (χ2n) is 16.3. The Morgan fingerprint density at radius 2 is 0.661 bits per heavy atom. The fourth-order valence-corrected chi connectivity index (χ4v) is 10.0. The average Bonchev–Trinajstić information content (AvgIpc) is 3.35. The Labute approximate surface area is 357 Å². The summed E-state index contributed by atoms with van der Waals surface area (Å²) in [6.45, 7) is 0. The number of rotatable bonds is 5. The molecule has 3 heteroatoms. The van der Waals surface area contributed by atoms with Crippen LogP contribution in [0.25, 0.3) is 132 Å². The number of aromatic nitrogens is 3. The van der Waals surface area contributed by atoms with Crippen molar-refractivity contribution in [2.45, 2.75) is 0 Å². The van der Waals surface area contributed by atoms with Gasteiger partial charge in [0.2, 0.25) is 0 Å². The van der Waals surface area contributed by atoms with Crippen LogP contribution >= 0.6 is 0 Å². The van der Waals surface area contributed by atoms with Crippen molar-refractivity contribution in [1.29, 1.82) is 0 Å². The first kappa shape index (κ1) is 34.6. The van der Waals surface area contributed by atoms with Gasteiger partial charge in [-0.3, -0.25) is 0 Å². The van der Waals surface area contributed by atoms with Gasteiger partial charge in [-0.2, -0.15) is 0 Å². The van der Waals surface area contributed by atoms with Crippen molar-refractivity contribution >= 4 is 75.4 Å². The maximum Gasteiger partial charge on any atom is 0.164 e. The lowest BCUT2D eigenvalue weighted by Crippen LogP contribution is -2.01. The highest BCUT2D eigenvalue weighted by Gasteiger charge is 2.19. The molecule has 0 N–H and O–H groups in total. The Kier molecular flexibility index (Phi) is 7.60. The van der Waals surface area contributed by atoms with E-state index in [4.69, 9.17) is 15.0 Å². The number of benzene rings is 11. The van der Waals surface area contributed by atoms with E-state index in [2.05, 4.69) is 194 Å². The van der Waals surface area contributed by atoms with E-state index in [-0.39, 0.29) is 0 Å². The third-order valence-electron chi connectivity index (χ3n) is 12.8. The molecule has 12 aromatic carbocycles. The predicted molar refractivity (Wildman–Crippen MR) is 261 cm³/mol. The van der Waals surface area contributed by atoms with E-state index in [1.54, 1.807) is 0 Å². The van der Waals surface area contributed by atoms with Crippen molar-refractivity contribution in [3.63, 3.8) is 0 Å². The van der Waals surface area contributed by atoms with Gasteiger partial charge in [0, 0.05) is 16.7 Å². The van der Waals surface area contributed by atoms with Gasteiger partial charge in [0.1, 0.15) is 0 Å². The minimum absolute atomic E-state index is 0.635. The molecule has 0 saturated heterocycles. The molecule has 0 aliphatic heterocycles. The Balaban J connectivity index is 1.03. The molecule has 13 aromatic rings. The Morgan fingerprint density at radius 3 is 1.39 bits per heavy atom. The van der Waals surface area contributed by atoms with Crippen molar-refractivity contribution < 1.29 is 0 Å². The lowest BCUT2D eigenvalue weighted by molar-refractivity contribution is 1.08. The van der Waals surface area contributed by atoms with Crippen LogP contribution in [0.5, 0.6) is 0 Å². The molecule has 0 fully saturated rings. The quantitative estimate of drug-likeness (QED) is 0.163. The van der Waals surface area contributed by atoms with Crippen LogP contribution in [-0.2, 0) is 0 Å². The first-order chi connectivity index (χ1) is 30.7. The third kappa shape index (κ3) is 5.35. The summed E-state index contributed by atoms with van der Waals surface area (Å²) in [5.74, 6) is 1.92. The lowest BCUT2D eigenvalue weighted by atomic mass is 9.86. The van der Waals surface area contributed by atoms with Gasteiger partial charge < -0.3 is 0 Å². The molecule has 0 spiro atoms. The molecule has 1 heterocycles. The Hall–Kier alpha value is -8.27. The standard InChI is InChI=1S/C59H35N3/c1-2-14-40(15-3-1)57-60-58(62-59(61-57)51-28-9-16-36-13-4-5-22-45(36)51)50-24-7-6-23-46(50)42-21-8-20-41(33-42)44-34-43-32-31-39-18-11-26-48-47-25-10-17-37-29-30-38-19-12-27-49(55(38)53(37)47)52(35-44)56(43)54(39)48/h1-35H. The average molecular weight is 786 g/mol. The van der Waals surface area contributed by atoms with Crippen LogP contribution in [0.1, 0.15) is 0 Å². The second-order valence-corrected chi connectivity index (χ2v) is 16.3. The highest BCUT2D eigenvalue weighted by molar-refractivity contribution is 6.37. The summed E-state index contributed by atoms with van der Waals surface area (Å²) in [5, 5.41) is 17.6. The molecule has 0 aliphatic carbocycles. The highest BCUT2D eigenvalue weighted by atomic mass is 15.0. The number of nitrogens with zero attached hydrogens (tertiary/aromatic N) is 3. The van der Waals surface area contributed by atoms with E-state index in [0.29, 0.717) is 17.5 Å². The van der Waals surface area contributed by atoms with Crippen LogP contribution in [-0.4, -0.2) is 15.0 Å². The topological polar surface area (TPSA) is 38.7 Å². The first-order valence-corrected chi connectivity index (χ1v) is 21.2. The molecular weight excluding hydrogens is 751 g/mol. The fourth-order valence-electron chi connectivity index (χ4n) is 10.0. The van der Waals surface area contributed by atoms with Crippen LogP contribution in [0.4, 0.5) is 0 Å². The zero-order chi connectivity index (χ0) is 40.7. The van der Waals surface area contributed by atoms with E-state index < -0.39 is 0 Å². The lowest BCUT2D eigenvalue weighted by Gasteiger charge is -2.17. The van der Waals surface area contributed by atoms with E-state index in [0.717, 1.165) is 44.2 Å². The molecule has 62 heavy (non-hydrogen) atoms. The normalized spacial score (nSPS) is 11.9. The van der Waals surface area contributed by atoms with E-state index in [1.165, 1.54) is 70.2 Å². The van der Waals surface area contributed by atoms with Gasteiger partial charge in [0.25, 0.3) is 0 Å². The molecule has 0 saturated carbocycles. The molecule has 0 amide bonds. The first-order valence-electron chi connectivity index (χ1n) is 21.2. The smallest absolute Gasteiger partial charge is 0.164 e. The van der Waals surface area contributed by atoms with Crippen LogP contribution in [0.3, 0.4) is 0 Å². The zero-order valence-corrected chi connectivity index (χ0v) is 33.5. The van der Waals surface area contributed by atoms with E-state index in [1.807, 2.05) is 18.2 Å². The van der Waals surface area contributed by atoms with Crippen LogP contribution < -0.4 is 0 Å². The van der Waals surface area contributed by atoms with Crippen molar-refractivity contribution in [3.05, 3.63) is 212 Å². The molecule has 0 bridgehead atoms. The highest BCUT2D eigenvalue weighted by Crippen LogP contribution is 2.45. The van der Waals surface area contributed by atoms with Gasteiger partial charge in [0.05, 0.1) is 0 Å². The molecule has 1 aromatic heterocycles. The van der Waals surface area contributed by atoms with Crippen molar-refractivity contribution in [3.8, 4) is 56.4 Å². The molecule has 0 aliphatic rings. The van der Waals surface area contributed by atoms with Crippen molar-refractivity contribution in [1.82, 2.24) is 15.0 Å². The summed E-state index contributed by atoms with van der Waals surface area (Å²) < 4.78 is 0. The Bertz CT molecular complexity index is 3910. The number of fused-ring (bicyclic) bond motifs is 3. The summed E-state index contributed by atoms with van der Waals surface area (Å²) in [4.78, 5) is 15.5. The van der Waals surface area contributed by atoms with E-state index >= 15 is 0 Å². The van der Waals surface area contributed by atoms with Crippen LogP contribution in [0.15, 0.2) is 212 Å². The van der Waals surface area contributed by atoms with Gasteiger partial charge >= 0.3 is 0 Å². The summed E-state index contributed by atoms with van der Waals surface area (Å²) >= 11 is 0. The summed E-state index contributed by atoms with van der Waals surface area (Å²) in [7, 11) is 0. The Morgan fingerprint density at radius 1 is 0.210 bits per heavy atom. The van der Waals surface area contributed by atoms with Gasteiger partial charge in [0.15, 0.2) is 17.5 Å². The second kappa shape index (κ2) is 13.6. The van der Waals surface area contributed by atoms with Gasteiger partial charge in [-0.05, 0) is 116 Å². The molecular formula is C59H35N3. The molecule has 0 radical (unpaired) electrons. The largest absolute Gasteiger partial charge is 0.208 e. The van der Waals surface area contributed by atoms with Gasteiger partial charge in [-0.25, -0.2) is 15.0 Å². The number of hydrogen-bond acceptors (Lipinski definition) is 3. The summed E-state index contributed by atoms with van der Waals surface area (Å²) in [6, 6.07) is 76.6. The maximum absolute atomic E-state index is 5.25. The molecule has 3 nitrogen and oxygen atoms in total. The van der Waals surface area contributed by atoms with Crippen LogP contribution in [0.2, 0.25) is 0 Å². The van der Waals surface area contributed by atoms with Gasteiger partial charge in [-0.15, -0.1) is 0 Å². The predicted octanol–water partition coefficient (Wildman–Crippen LogP) is 15.7. The van der Waals surface area contributed by atoms with Crippen molar-refractivity contribution in [2.75, 3.05) is 0 Å². The monoisotopic (exact) mass is 785 g/mol. The summed E-state index contributed by atoms with van der Waals surface area (Å²) in [5.41, 5.74) is 7.34. The maximum atomic E-state index is 5.25. The molecule has 13 rings (SSSR count). The summed E-state index contributed by atoms with van der Waals surface area (Å²) in [6.07, 6.45) is 0. The van der Waals surface area contributed by atoms with E-state index in [9.17, 15) is 0 Å².